The summed E-state index contributed by atoms with van der Waals surface area (Å²) in [6.07, 6.45) is -1.57. The van der Waals surface area contributed by atoms with Crippen molar-refractivity contribution >= 4 is 17.8 Å². The Morgan fingerprint density at radius 1 is 0.822 bits per heavy atom. The first-order valence-electron chi connectivity index (χ1n) is 13.9. The molecule has 230 valence electrons. The van der Waals surface area contributed by atoms with Gasteiger partial charge in [0.25, 0.3) is 0 Å². The molecule has 0 amide bonds. The van der Waals surface area contributed by atoms with Crippen molar-refractivity contribution in [2.45, 2.75) is 24.4 Å². The predicted octanol–water partition coefficient (Wildman–Crippen LogP) is 4.63. The van der Waals surface area contributed by atoms with Gasteiger partial charge >= 0.3 is 5.97 Å². The van der Waals surface area contributed by atoms with Gasteiger partial charge < -0.3 is 44.1 Å². The van der Waals surface area contributed by atoms with Crippen LogP contribution >= 0.6 is 0 Å². The van der Waals surface area contributed by atoms with Crippen molar-refractivity contribution < 1.29 is 53.7 Å². The SMILES string of the molecule is COc1cc(C2Oc3cc([C@H]4Oc5cc(O)cc(O)c5C(=O)[C@@H]4O)ccc3OC2COC(=O)/C=C/c2ccccc2)ccc1O. The third kappa shape index (κ3) is 5.93. The van der Waals surface area contributed by atoms with Crippen molar-refractivity contribution in [2.24, 2.45) is 0 Å². The first kappa shape index (κ1) is 29.4. The minimum atomic E-state index is -1.66. The highest BCUT2D eigenvalue weighted by atomic mass is 16.6. The number of aliphatic hydroxyl groups excluding tert-OH is 1. The molecule has 2 unspecified atom stereocenters. The quantitative estimate of drug-likeness (QED) is 0.170. The second kappa shape index (κ2) is 12.1. The zero-order chi connectivity index (χ0) is 31.7. The fraction of sp³-hybridized carbons (Fsp3) is 0.176. The van der Waals surface area contributed by atoms with Crippen LogP contribution in [0.3, 0.4) is 0 Å². The van der Waals surface area contributed by atoms with Crippen molar-refractivity contribution in [1.82, 2.24) is 0 Å². The van der Waals surface area contributed by atoms with Crippen molar-refractivity contribution in [3.8, 4) is 40.2 Å². The highest BCUT2D eigenvalue weighted by molar-refractivity contribution is 6.05. The summed E-state index contributed by atoms with van der Waals surface area (Å²) in [4.78, 5) is 25.5. The van der Waals surface area contributed by atoms with Gasteiger partial charge in [-0.1, -0.05) is 42.5 Å². The zero-order valence-electron chi connectivity index (χ0n) is 23.8. The van der Waals surface area contributed by atoms with Crippen molar-refractivity contribution in [3.63, 3.8) is 0 Å². The molecule has 0 radical (unpaired) electrons. The van der Waals surface area contributed by atoms with E-state index < -0.39 is 41.9 Å². The van der Waals surface area contributed by atoms with Crippen molar-refractivity contribution in [1.29, 1.82) is 0 Å². The summed E-state index contributed by atoms with van der Waals surface area (Å²) in [5.74, 6) is -1.62. The maximum atomic E-state index is 12.9. The Hall–Kier alpha value is -5.68. The van der Waals surface area contributed by atoms with Crippen LogP contribution < -0.4 is 18.9 Å². The van der Waals surface area contributed by atoms with E-state index in [0.717, 1.165) is 11.6 Å². The molecular weight excluding hydrogens is 584 g/mol. The second-order valence-corrected chi connectivity index (χ2v) is 10.4. The van der Waals surface area contributed by atoms with Crippen molar-refractivity contribution in [3.05, 3.63) is 107 Å². The molecule has 2 aliphatic heterocycles. The molecule has 4 aromatic rings. The fourth-order valence-corrected chi connectivity index (χ4v) is 5.21. The Bertz CT molecular complexity index is 1780. The lowest BCUT2D eigenvalue weighted by Gasteiger charge is -2.35. The van der Waals surface area contributed by atoms with Crippen LogP contribution in [0.1, 0.15) is 39.3 Å². The highest BCUT2D eigenvalue weighted by Gasteiger charge is 2.41. The molecule has 0 spiro atoms. The van der Waals surface area contributed by atoms with Gasteiger partial charge in [0.05, 0.1) is 7.11 Å². The Labute approximate surface area is 257 Å². The summed E-state index contributed by atoms with van der Waals surface area (Å²) < 4.78 is 29.2. The molecule has 0 aliphatic carbocycles. The maximum Gasteiger partial charge on any atom is 0.330 e. The number of hydrogen-bond acceptors (Lipinski definition) is 11. The topological polar surface area (TPSA) is 161 Å². The first-order valence-corrected chi connectivity index (χ1v) is 13.9. The molecule has 45 heavy (non-hydrogen) atoms. The van der Waals surface area contributed by atoms with Gasteiger partial charge in [-0.15, -0.1) is 0 Å². The number of rotatable bonds is 7. The Morgan fingerprint density at radius 2 is 1.56 bits per heavy atom. The Kier molecular flexibility index (Phi) is 7.93. The maximum absolute atomic E-state index is 12.9. The number of carbonyl (C=O) groups excluding carboxylic acids is 2. The number of ether oxygens (including phenoxy) is 5. The normalized spacial score (nSPS) is 20.3. The summed E-state index contributed by atoms with van der Waals surface area (Å²) in [5.41, 5.74) is 1.50. The number of aromatic hydroxyl groups is 3. The molecule has 2 heterocycles. The lowest BCUT2D eigenvalue weighted by atomic mass is 9.92. The molecule has 6 rings (SSSR count). The molecule has 4 atom stereocenters. The molecule has 4 aromatic carbocycles. The van der Waals surface area contributed by atoms with Gasteiger partial charge in [-0.3, -0.25) is 4.79 Å². The average Bonchev–Trinajstić information content (AvgIpc) is 3.04. The van der Waals surface area contributed by atoms with E-state index in [1.54, 1.807) is 36.4 Å². The molecule has 11 heteroatoms. The number of esters is 1. The largest absolute Gasteiger partial charge is 0.508 e. The lowest BCUT2D eigenvalue weighted by molar-refractivity contribution is -0.142. The summed E-state index contributed by atoms with van der Waals surface area (Å²) in [5, 5.41) is 41.0. The number of carbonyl (C=O) groups is 2. The van der Waals surface area contributed by atoms with Gasteiger partial charge in [-0.05, 0) is 41.5 Å². The summed E-state index contributed by atoms with van der Waals surface area (Å²) in [6.45, 7) is -0.185. The Morgan fingerprint density at radius 3 is 2.33 bits per heavy atom. The first-order chi connectivity index (χ1) is 21.7. The van der Waals surface area contributed by atoms with Gasteiger partial charge in [0.1, 0.15) is 29.4 Å². The third-order valence-corrected chi connectivity index (χ3v) is 7.42. The van der Waals surface area contributed by atoms with Crippen LogP contribution in [0, 0.1) is 0 Å². The Balaban J connectivity index is 1.28. The van der Waals surface area contributed by atoms with E-state index in [0.29, 0.717) is 16.9 Å². The van der Waals surface area contributed by atoms with E-state index >= 15 is 0 Å². The zero-order valence-corrected chi connectivity index (χ0v) is 23.8. The van der Waals surface area contributed by atoms with Gasteiger partial charge in [-0.2, -0.15) is 0 Å². The number of aliphatic hydroxyl groups is 1. The number of methoxy groups -OCH3 is 1. The minimum absolute atomic E-state index is 0.0832. The lowest BCUT2D eigenvalue weighted by Crippen LogP contribution is -2.38. The van der Waals surface area contributed by atoms with Gasteiger partial charge in [0.2, 0.25) is 5.78 Å². The van der Waals surface area contributed by atoms with Crippen molar-refractivity contribution in [2.75, 3.05) is 13.7 Å². The summed E-state index contributed by atoms with van der Waals surface area (Å²) in [7, 11) is 1.41. The minimum Gasteiger partial charge on any atom is -0.508 e. The fourth-order valence-electron chi connectivity index (χ4n) is 5.21. The van der Waals surface area contributed by atoms with E-state index in [1.165, 1.54) is 25.3 Å². The van der Waals surface area contributed by atoms with E-state index in [9.17, 15) is 30.0 Å². The molecular formula is C34H28O11. The van der Waals surface area contributed by atoms with Gasteiger partial charge in [0, 0.05) is 23.8 Å². The number of Topliss-reactive ketones (excluding diaryl/α,β-unsaturated/α-hetero) is 1. The third-order valence-electron chi connectivity index (χ3n) is 7.42. The number of ketones is 1. The van der Waals surface area contributed by atoms with Crippen LogP contribution in [0.5, 0.6) is 40.2 Å². The molecule has 4 N–H and O–H groups in total. The van der Waals surface area contributed by atoms with Crippen LogP contribution in [-0.2, 0) is 9.53 Å². The number of phenolic OH excluding ortho intramolecular Hbond substituents is 3. The molecule has 0 saturated carbocycles. The number of hydrogen-bond donors (Lipinski definition) is 4. The number of fused-ring (bicyclic) bond motifs is 2. The second-order valence-electron chi connectivity index (χ2n) is 10.4. The van der Waals surface area contributed by atoms with Crippen LogP contribution in [-0.4, -0.2) is 58.1 Å². The van der Waals surface area contributed by atoms with Gasteiger partial charge in [-0.25, -0.2) is 4.79 Å². The number of phenols is 3. The van der Waals surface area contributed by atoms with E-state index in [-0.39, 0.29) is 40.9 Å². The smallest absolute Gasteiger partial charge is 0.330 e. The predicted molar refractivity (Wildman–Crippen MR) is 159 cm³/mol. The van der Waals surface area contributed by atoms with E-state index in [2.05, 4.69) is 0 Å². The van der Waals surface area contributed by atoms with Crippen LogP contribution in [0.4, 0.5) is 0 Å². The van der Waals surface area contributed by atoms with Crippen LogP contribution in [0.2, 0.25) is 0 Å². The molecule has 0 bridgehead atoms. The van der Waals surface area contributed by atoms with Crippen LogP contribution in [0.25, 0.3) is 6.08 Å². The summed E-state index contributed by atoms with van der Waals surface area (Å²) in [6, 6.07) is 20.8. The molecule has 0 saturated heterocycles. The van der Waals surface area contributed by atoms with E-state index in [1.807, 2.05) is 30.3 Å². The average molecular weight is 613 g/mol. The monoisotopic (exact) mass is 612 g/mol. The molecule has 2 aliphatic rings. The molecule has 11 nitrogen and oxygen atoms in total. The number of benzene rings is 4. The molecule has 0 fully saturated rings. The molecule has 0 aromatic heterocycles. The van der Waals surface area contributed by atoms with Gasteiger partial charge in [0.15, 0.2) is 47.4 Å². The highest BCUT2D eigenvalue weighted by Crippen LogP contribution is 2.46. The standard InChI is InChI=1S/C34H28O11/c1-41-25-13-19(8-10-22(25)36)33-28(17-42-29(38)12-7-18-5-3-2-4-6-18)43-24-11-9-20(14-26(24)44-33)34-32(40)31(39)30-23(37)15-21(35)16-27(30)45-34/h2-16,28,32-37,40H,17H2,1H3/b12-7+/t28?,32-,33?,34+/m0/s1. The van der Waals surface area contributed by atoms with Crippen LogP contribution in [0.15, 0.2) is 84.9 Å². The van der Waals surface area contributed by atoms with E-state index in [4.69, 9.17) is 23.7 Å². The summed E-state index contributed by atoms with van der Waals surface area (Å²) >= 11 is 0.